The van der Waals surface area contributed by atoms with E-state index < -0.39 is 18.1 Å². The van der Waals surface area contributed by atoms with E-state index >= 15 is 0 Å². The van der Waals surface area contributed by atoms with Gasteiger partial charge in [0, 0.05) is 19.3 Å². The number of nitrogens with zero attached hydrogens (tertiary/aromatic N) is 1. The van der Waals surface area contributed by atoms with Crippen molar-refractivity contribution in [2.75, 3.05) is 41.0 Å². The number of esters is 2. The van der Waals surface area contributed by atoms with Crippen LogP contribution in [-0.2, 0) is 28.6 Å². The van der Waals surface area contributed by atoms with Crippen LogP contribution in [-0.4, -0.2) is 80.6 Å². The van der Waals surface area contributed by atoms with Gasteiger partial charge < -0.3 is 23.8 Å². The van der Waals surface area contributed by atoms with Gasteiger partial charge in [0.1, 0.15) is 6.61 Å². The van der Waals surface area contributed by atoms with Crippen LogP contribution in [0.1, 0.15) is 251 Å². The van der Waals surface area contributed by atoms with E-state index in [2.05, 4.69) is 38.2 Å². The summed E-state index contributed by atoms with van der Waals surface area (Å²) in [5.41, 5.74) is 0. The van der Waals surface area contributed by atoms with Gasteiger partial charge in [0.25, 0.3) is 0 Å². The molecular formula is C54H102NO7+. The normalized spacial score (nSPS) is 13.0. The Morgan fingerprint density at radius 2 is 0.839 bits per heavy atom. The predicted molar refractivity (Wildman–Crippen MR) is 262 cm³/mol. The van der Waals surface area contributed by atoms with E-state index in [1.165, 1.54) is 180 Å². The van der Waals surface area contributed by atoms with Crippen LogP contribution in [0.25, 0.3) is 0 Å². The number of quaternary nitrogens is 1. The summed E-state index contributed by atoms with van der Waals surface area (Å²) in [5.74, 6) is -1.45. The molecule has 364 valence electrons. The molecule has 0 aliphatic carbocycles. The van der Waals surface area contributed by atoms with E-state index in [4.69, 9.17) is 14.2 Å². The minimum absolute atomic E-state index is 0.0470. The first-order chi connectivity index (χ1) is 30.1. The van der Waals surface area contributed by atoms with Crippen molar-refractivity contribution in [3.8, 4) is 0 Å². The minimum atomic E-state index is -0.872. The third-order valence-electron chi connectivity index (χ3n) is 12.1. The number of rotatable bonds is 48. The molecule has 2 atom stereocenters. The highest BCUT2D eigenvalue weighted by Crippen LogP contribution is 2.17. The van der Waals surface area contributed by atoms with Gasteiger partial charge in [0.15, 0.2) is 12.1 Å². The number of unbranched alkanes of at least 4 members (excludes halogenated alkanes) is 31. The smallest absolute Gasteiger partial charge is 0.362 e. The lowest BCUT2D eigenvalue weighted by Gasteiger charge is -2.31. The van der Waals surface area contributed by atoms with Gasteiger partial charge in [-0.25, -0.2) is 4.79 Å². The number of aliphatic carboxylic acids is 1. The lowest BCUT2D eigenvalue weighted by molar-refractivity contribution is -0.887. The molecule has 0 aliphatic heterocycles. The first-order valence-electron chi connectivity index (χ1n) is 26.4. The molecule has 0 saturated heterocycles. The lowest BCUT2D eigenvalue weighted by atomic mass is 10.0. The Labute approximate surface area is 383 Å². The molecule has 0 aliphatic rings. The molecule has 62 heavy (non-hydrogen) atoms. The van der Waals surface area contributed by atoms with Crippen LogP contribution in [0.4, 0.5) is 0 Å². The second-order valence-electron chi connectivity index (χ2n) is 19.2. The highest BCUT2D eigenvalue weighted by atomic mass is 16.6. The van der Waals surface area contributed by atoms with Crippen LogP contribution >= 0.6 is 0 Å². The fourth-order valence-electron chi connectivity index (χ4n) is 8.03. The Bertz CT molecular complexity index is 1070. The Morgan fingerprint density at radius 1 is 0.484 bits per heavy atom. The van der Waals surface area contributed by atoms with Gasteiger partial charge in [-0.05, 0) is 38.5 Å². The zero-order valence-electron chi connectivity index (χ0n) is 41.6. The SMILES string of the molecule is CCCCC/C=C/C=C/CCCCCCCCCCCCC(=O)OC(COCCC(C(=O)O)[N+](C)(C)C)COC(=O)CCCCCCCCCCCCCCCCCCCCC. The highest BCUT2D eigenvalue weighted by molar-refractivity contribution is 5.72. The van der Waals surface area contributed by atoms with Crippen LogP contribution < -0.4 is 0 Å². The molecule has 0 bridgehead atoms. The van der Waals surface area contributed by atoms with Crippen LogP contribution in [0.15, 0.2) is 24.3 Å². The number of ether oxygens (including phenoxy) is 3. The Morgan fingerprint density at radius 3 is 1.24 bits per heavy atom. The average Bonchev–Trinajstić information content (AvgIpc) is 3.23. The van der Waals surface area contributed by atoms with Crippen LogP contribution in [0.5, 0.6) is 0 Å². The zero-order chi connectivity index (χ0) is 45.6. The van der Waals surface area contributed by atoms with Gasteiger partial charge >= 0.3 is 17.9 Å². The lowest BCUT2D eigenvalue weighted by Crippen LogP contribution is -2.50. The van der Waals surface area contributed by atoms with Gasteiger partial charge in [0.2, 0.25) is 0 Å². The maximum atomic E-state index is 12.8. The molecule has 0 aromatic rings. The summed E-state index contributed by atoms with van der Waals surface area (Å²) in [4.78, 5) is 37.2. The van der Waals surface area contributed by atoms with Gasteiger partial charge in [0.05, 0.1) is 34.4 Å². The van der Waals surface area contributed by atoms with Gasteiger partial charge in [-0.1, -0.05) is 218 Å². The van der Waals surface area contributed by atoms with E-state index in [0.717, 1.165) is 38.5 Å². The molecule has 2 unspecified atom stereocenters. The van der Waals surface area contributed by atoms with Crippen LogP contribution in [0.3, 0.4) is 0 Å². The Hall–Kier alpha value is -2.19. The third-order valence-corrected chi connectivity index (χ3v) is 12.1. The van der Waals surface area contributed by atoms with Crippen molar-refractivity contribution >= 4 is 17.9 Å². The van der Waals surface area contributed by atoms with Gasteiger partial charge in [-0.3, -0.25) is 9.59 Å². The topological polar surface area (TPSA) is 99.1 Å². The van der Waals surface area contributed by atoms with E-state index in [1.54, 1.807) is 0 Å². The number of hydrogen-bond acceptors (Lipinski definition) is 6. The standard InChI is InChI=1S/C54H101NO7/c1-6-8-10-12-14-16-18-20-22-24-26-28-30-32-34-36-38-40-42-44-52(56)61-49-50(48-60-47-46-51(54(58)59)55(3,4)5)62-53(57)45-43-41-39-37-35-33-31-29-27-25-23-21-19-17-15-13-11-9-7-2/h15,17,19,21,50-51H,6-14,16,18,20,22-49H2,1-5H3/p+1/b17-15+,21-19+. The molecule has 0 heterocycles. The fraction of sp³-hybridized carbons (Fsp3) is 0.870. The zero-order valence-corrected chi connectivity index (χ0v) is 41.6. The molecule has 0 aromatic heterocycles. The third kappa shape index (κ3) is 43.1. The van der Waals surface area contributed by atoms with E-state index in [9.17, 15) is 19.5 Å². The summed E-state index contributed by atoms with van der Waals surface area (Å²) in [5, 5.41) is 9.66. The largest absolute Gasteiger partial charge is 0.477 e. The first-order valence-corrected chi connectivity index (χ1v) is 26.4. The summed E-state index contributed by atoms with van der Waals surface area (Å²) in [6, 6.07) is -0.613. The predicted octanol–water partition coefficient (Wildman–Crippen LogP) is 15.2. The van der Waals surface area contributed by atoms with E-state index in [-0.39, 0.29) is 36.2 Å². The average molecular weight is 877 g/mol. The molecule has 8 nitrogen and oxygen atoms in total. The van der Waals surface area contributed by atoms with Crippen molar-refractivity contribution in [2.45, 2.75) is 264 Å². The number of carboxylic acids is 1. The number of carboxylic acid groups (broad SMARTS) is 1. The van der Waals surface area contributed by atoms with Crippen LogP contribution in [0.2, 0.25) is 0 Å². The maximum absolute atomic E-state index is 12.8. The molecule has 0 spiro atoms. The van der Waals surface area contributed by atoms with Crippen molar-refractivity contribution in [1.29, 1.82) is 0 Å². The monoisotopic (exact) mass is 877 g/mol. The number of carbonyl (C=O) groups is 3. The van der Waals surface area contributed by atoms with Crippen molar-refractivity contribution in [3.63, 3.8) is 0 Å². The Kier molecular flexibility index (Phi) is 43.8. The van der Waals surface area contributed by atoms with Crippen molar-refractivity contribution in [3.05, 3.63) is 24.3 Å². The molecule has 0 radical (unpaired) electrons. The molecule has 1 N–H and O–H groups in total. The first kappa shape index (κ1) is 59.8. The van der Waals surface area contributed by atoms with Crippen molar-refractivity contribution in [2.24, 2.45) is 0 Å². The van der Waals surface area contributed by atoms with Gasteiger partial charge in [-0.15, -0.1) is 0 Å². The molecule has 0 fully saturated rings. The molecule has 0 aromatic carbocycles. The van der Waals surface area contributed by atoms with Crippen molar-refractivity contribution in [1.82, 2.24) is 0 Å². The molecule has 0 amide bonds. The molecular weight excluding hydrogens is 775 g/mol. The highest BCUT2D eigenvalue weighted by Gasteiger charge is 2.31. The quantitative estimate of drug-likeness (QED) is 0.0281. The van der Waals surface area contributed by atoms with Gasteiger partial charge in [-0.2, -0.15) is 0 Å². The second kappa shape index (κ2) is 45.4. The van der Waals surface area contributed by atoms with E-state index in [1.807, 2.05) is 21.1 Å². The number of likely N-dealkylation sites (N-methyl/N-ethyl adjacent to an activating group) is 1. The molecule has 0 rings (SSSR count). The van der Waals surface area contributed by atoms with Crippen molar-refractivity contribution < 1.29 is 38.2 Å². The summed E-state index contributed by atoms with van der Waals surface area (Å²) >= 11 is 0. The summed E-state index contributed by atoms with van der Waals surface area (Å²) in [7, 11) is 5.54. The minimum Gasteiger partial charge on any atom is -0.477 e. The summed E-state index contributed by atoms with van der Waals surface area (Å²) in [6.45, 7) is 4.75. The molecule has 8 heteroatoms. The Balaban J connectivity index is 4.20. The van der Waals surface area contributed by atoms with Crippen LogP contribution in [0, 0.1) is 0 Å². The number of carbonyl (C=O) groups excluding carboxylic acids is 2. The number of allylic oxidation sites excluding steroid dienone is 4. The second-order valence-corrected chi connectivity index (χ2v) is 19.2. The maximum Gasteiger partial charge on any atom is 0.362 e. The summed E-state index contributed by atoms with van der Waals surface area (Å²) in [6.07, 6.45) is 52.2. The fourth-order valence-corrected chi connectivity index (χ4v) is 8.03. The molecule has 0 saturated carbocycles. The summed E-state index contributed by atoms with van der Waals surface area (Å²) < 4.78 is 17.4. The number of hydrogen-bond donors (Lipinski definition) is 1. The van der Waals surface area contributed by atoms with E-state index in [0.29, 0.717) is 19.3 Å².